The molecule has 4 rings (SSSR count). The molecule has 2 aromatic carbocycles. The monoisotopic (exact) mass is 538 g/mol. The van der Waals surface area contributed by atoms with E-state index in [1.54, 1.807) is 27.7 Å². The molecule has 182 valence electrons. The van der Waals surface area contributed by atoms with Crippen molar-refractivity contribution in [3.05, 3.63) is 48.5 Å². The van der Waals surface area contributed by atoms with Crippen molar-refractivity contribution in [1.82, 2.24) is 0 Å². The number of fused-ring (bicyclic) bond motifs is 2. The predicted octanol–water partition coefficient (Wildman–Crippen LogP) is 7.57. The molecule has 0 aliphatic heterocycles. The summed E-state index contributed by atoms with van der Waals surface area (Å²) in [7, 11) is -7.30. The minimum atomic E-state index is -3.65. The Hall–Kier alpha value is -1.34. The quantitative estimate of drug-likeness (QED) is 0.184. The van der Waals surface area contributed by atoms with Gasteiger partial charge in [-0.05, 0) is 39.8 Å². The van der Waals surface area contributed by atoms with Crippen molar-refractivity contribution in [2.75, 3.05) is 26.4 Å². The zero-order chi connectivity index (χ0) is 24.3. The lowest BCUT2D eigenvalue weighted by atomic mass is 10.0. The lowest BCUT2D eigenvalue weighted by Gasteiger charge is -2.20. The highest BCUT2D eigenvalue weighted by Crippen LogP contribution is 2.58. The van der Waals surface area contributed by atoms with Gasteiger partial charge in [0.2, 0.25) is 0 Å². The van der Waals surface area contributed by atoms with E-state index in [2.05, 4.69) is 0 Å². The van der Waals surface area contributed by atoms with Gasteiger partial charge in [0.1, 0.15) is 9.24 Å². The summed E-state index contributed by atoms with van der Waals surface area (Å²) < 4.78 is 54.1. The minimum absolute atomic E-state index is 0.235. The first-order valence-electron chi connectivity index (χ1n) is 11.2. The average Bonchev–Trinajstić information content (AvgIpc) is 3.39. The summed E-state index contributed by atoms with van der Waals surface area (Å²) in [4.78, 5) is 0. The molecule has 0 amide bonds. The largest absolute Gasteiger partial charge is 0.371 e. The Bertz CT molecular complexity index is 1270. The molecule has 0 N–H and O–H groups in total. The molecule has 0 fully saturated rings. The van der Waals surface area contributed by atoms with Gasteiger partial charge in [-0.1, -0.05) is 36.4 Å². The molecule has 0 aliphatic rings. The topological polar surface area (TPSA) is 71.1 Å². The highest BCUT2D eigenvalue weighted by Gasteiger charge is 2.39. The zero-order valence-corrected chi connectivity index (χ0v) is 23.0. The van der Waals surface area contributed by atoms with Crippen LogP contribution in [0.4, 0.5) is 0 Å². The van der Waals surface area contributed by atoms with E-state index in [0.717, 1.165) is 20.2 Å². The summed E-state index contributed by atoms with van der Waals surface area (Å²) in [6.45, 7) is 8.12. The van der Waals surface area contributed by atoms with Gasteiger partial charge in [0.05, 0.1) is 26.4 Å². The lowest BCUT2D eigenvalue weighted by Crippen LogP contribution is -2.14. The van der Waals surface area contributed by atoms with E-state index in [9.17, 15) is 9.13 Å². The molecule has 0 atom stereocenters. The molecule has 6 nitrogen and oxygen atoms in total. The number of hydrogen-bond acceptors (Lipinski definition) is 8. The predicted molar refractivity (Wildman–Crippen MR) is 144 cm³/mol. The van der Waals surface area contributed by atoms with Crippen molar-refractivity contribution in [3.8, 4) is 11.1 Å². The van der Waals surface area contributed by atoms with Gasteiger partial charge in [0.15, 0.2) is 0 Å². The highest BCUT2D eigenvalue weighted by atomic mass is 32.1. The Labute approximate surface area is 207 Å². The van der Waals surface area contributed by atoms with Crippen LogP contribution in [0.3, 0.4) is 0 Å². The van der Waals surface area contributed by atoms with E-state index in [1.165, 1.54) is 22.7 Å². The maximum atomic E-state index is 14.1. The Balaban J connectivity index is 2.15. The summed E-state index contributed by atoms with van der Waals surface area (Å²) in [6, 6.07) is 15.7. The summed E-state index contributed by atoms with van der Waals surface area (Å²) >= 11 is 2.77. The van der Waals surface area contributed by atoms with E-state index < -0.39 is 15.2 Å². The molecular formula is C24H28O6P2S2. The Morgan fingerprint density at radius 3 is 1.24 bits per heavy atom. The standard InChI is InChI=1S/C24H28O6P2S2/c1-5-27-31(25,28-6-2)23-21(17-13-9-11-15-19(17)33-23)22-18-14-10-12-16-20(18)34-24(22)32(26,29-7-3)30-8-4/h9-16H,5-8H2,1-4H3. The summed E-state index contributed by atoms with van der Waals surface area (Å²) in [5.41, 5.74) is 1.41. The fraction of sp³-hybridized carbons (Fsp3) is 0.333. The van der Waals surface area contributed by atoms with Gasteiger partial charge >= 0.3 is 15.2 Å². The molecular weight excluding hydrogens is 510 g/mol. The van der Waals surface area contributed by atoms with Crippen LogP contribution >= 0.6 is 37.9 Å². The van der Waals surface area contributed by atoms with Gasteiger partial charge in [-0.3, -0.25) is 9.13 Å². The second kappa shape index (κ2) is 10.7. The van der Waals surface area contributed by atoms with E-state index in [4.69, 9.17) is 18.1 Å². The maximum absolute atomic E-state index is 14.1. The van der Waals surface area contributed by atoms with Gasteiger partial charge in [-0.25, -0.2) is 0 Å². The van der Waals surface area contributed by atoms with Crippen molar-refractivity contribution in [2.24, 2.45) is 0 Å². The van der Waals surface area contributed by atoms with Crippen molar-refractivity contribution >= 4 is 67.3 Å². The molecule has 0 saturated heterocycles. The Morgan fingerprint density at radius 2 is 0.912 bits per heavy atom. The number of benzene rings is 2. The SMILES string of the molecule is CCOP(=O)(OCC)c1sc2ccccc2c1-c1c(P(=O)(OCC)OCC)sc2ccccc12. The molecule has 0 aliphatic carbocycles. The van der Waals surface area contributed by atoms with Crippen LogP contribution in [0.2, 0.25) is 0 Å². The smallest absolute Gasteiger partial charge is 0.305 e. The first kappa shape index (κ1) is 25.7. The van der Waals surface area contributed by atoms with Crippen LogP contribution in [0.25, 0.3) is 31.3 Å². The van der Waals surface area contributed by atoms with Gasteiger partial charge in [0.25, 0.3) is 0 Å². The van der Waals surface area contributed by atoms with Crippen LogP contribution in [-0.2, 0) is 27.2 Å². The molecule has 0 unspecified atom stereocenters. The van der Waals surface area contributed by atoms with Gasteiger partial charge in [0, 0.05) is 31.3 Å². The van der Waals surface area contributed by atoms with E-state index in [0.29, 0.717) is 20.4 Å². The van der Waals surface area contributed by atoms with Crippen LogP contribution in [0.15, 0.2) is 48.5 Å². The first-order valence-corrected chi connectivity index (χ1v) is 16.0. The third-order valence-electron chi connectivity index (χ3n) is 5.10. The van der Waals surface area contributed by atoms with Crippen LogP contribution < -0.4 is 9.24 Å². The molecule has 34 heavy (non-hydrogen) atoms. The summed E-state index contributed by atoms with van der Waals surface area (Å²) in [5.74, 6) is 0. The van der Waals surface area contributed by atoms with E-state index >= 15 is 0 Å². The Kier molecular flexibility index (Phi) is 8.13. The third-order valence-corrected chi connectivity index (χ3v) is 12.8. The normalized spacial score (nSPS) is 12.7. The van der Waals surface area contributed by atoms with Crippen LogP contribution in [0.5, 0.6) is 0 Å². The lowest BCUT2D eigenvalue weighted by molar-refractivity contribution is 0.229. The van der Waals surface area contributed by atoms with Crippen LogP contribution in [0.1, 0.15) is 27.7 Å². The number of rotatable bonds is 11. The average molecular weight is 539 g/mol. The molecule has 0 radical (unpaired) electrons. The highest BCUT2D eigenvalue weighted by molar-refractivity contribution is 7.71. The van der Waals surface area contributed by atoms with Crippen LogP contribution in [0, 0.1) is 0 Å². The summed E-state index contributed by atoms with van der Waals surface area (Å²) in [5, 5.41) is 1.79. The van der Waals surface area contributed by atoms with Crippen molar-refractivity contribution in [1.29, 1.82) is 0 Å². The minimum Gasteiger partial charge on any atom is -0.305 e. The van der Waals surface area contributed by atoms with Crippen molar-refractivity contribution in [2.45, 2.75) is 27.7 Å². The van der Waals surface area contributed by atoms with Crippen LogP contribution in [-0.4, -0.2) is 26.4 Å². The molecule has 4 aromatic rings. The molecule has 2 heterocycles. The molecule has 10 heteroatoms. The second-order valence-corrected chi connectivity index (χ2v) is 13.8. The van der Waals surface area contributed by atoms with Crippen molar-refractivity contribution < 1.29 is 27.2 Å². The van der Waals surface area contributed by atoms with Crippen molar-refractivity contribution in [3.63, 3.8) is 0 Å². The summed E-state index contributed by atoms with van der Waals surface area (Å²) in [6.07, 6.45) is 0. The van der Waals surface area contributed by atoms with Gasteiger partial charge < -0.3 is 18.1 Å². The van der Waals surface area contributed by atoms with Gasteiger partial charge in [-0.2, -0.15) is 0 Å². The Morgan fingerprint density at radius 1 is 0.588 bits per heavy atom. The molecule has 2 aromatic heterocycles. The molecule has 0 spiro atoms. The second-order valence-electron chi connectivity index (χ2n) is 7.22. The zero-order valence-electron chi connectivity index (χ0n) is 19.6. The fourth-order valence-electron chi connectivity index (χ4n) is 3.92. The maximum Gasteiger partial charge on any atom is 0.371 e. The number of thiophene rings is 2. The number of hydrogen-bond donors (Lipinski definition) is 0. The fourth-order valence-corrected chi connectivity index (χ4v) is 10.9. The van der Waals surface area contributed by atoms with E-state index in [-0.39, 0.29) is 26.4 Å². The van der Waals surface area contributed by atoms with E-state index in [1.807, 2.05) is 48.5 Å². The molecule has 0 bridgehead atoms. The third kappa shape index (κ3) is 4.59. The molecule has 0 saturated carbocycles. The van der Waals surface area contributed by atoms with Gasteiger partial charge in [-0.15, -0.1) is 22.7 Å². The first-order chi connectivity index (χ1) is 16.4.